The van der Waals surface area contributed by atoms with Crippen LogP contribution in [0.25, 0.3) is 11.4 Å². The second kappa shape index (κ2) is 11.0. The number of sulfonamides is 1. The van der Waals surface area contributed by atoms with Crippen LogP contribution < -0.4 is 10.0 Å². The van der Waals surface area contributed by atoms with E-state index < -0.39 is 28.0 Å². The Morgan fingerprint density at radius 3 is 2.31 bits per heavy atom. The molecule has 0 unspecified atom stereocenters. The molecule has 3 aromatic rings. The number of carbonyl (C=O) groups excluding carboxylic acids is 1. The lowest BCUT2D eigenvalue weighted by Crippen LogP contribution is -2.32. The van der Waals surface area contributed by atoms with Gasteiger partial charge >= 0.3 is 0 Å². The van der Waals surface area contributed by atoms with Crippen molar-refractivity contribution in [2.24, 2.45) is 11.3 Å². The third-order valence-electron chi connectivity index (χ3n) is 5.27. The van der Waals surface area contributed by atoms with Crippen molar-refractivity contribution >= 4 is 27.3 Å². The average molecular weight is 502 g/mol. The van der Waals surface area contributed by atoms with Gasteiger partial charge in [-0.1, -0.05) is 25.4 Å². The van der Waals surface area contributed by atoms with E-state index >= 15 is 0 Å². The molecule has 0 saturated heterocycles. The fraction of sp³-hybridized carbons (Fsp3) is 0.360. The first kappa shape index (κ1) is 26.3. The maximum absolute atomic E-state index is 13.0. The van der Waals surface area contributed by atoms with Crippen molar-refractivity contribution < 1.29 is 22.1 Å². The van der Waals surface area contributed by atoms with Gasteiger partial charge in [-0.3, -0.25) is 9.52 Å². The molecule has 0 bridgehead atoms. The number of nitrogens with one attached hydrogen (secondary N) is 2. The number of anilines is 2. The molecule has 2 aromatic carbocycles. The van der Waals surface area contributed by atoms with Crippen LogP contribution in [0.5, 0.6) is 0 Å². The highest BCUT2D eigenvalue weighted by Crippen LogP contribution is 2.24. The number of alkyl halides is 1. The Morgan fingerprint density at radius 1 is 1.09 bits per heavy atom. The summed E-state index contributed by atoms with van der Waals surface area (Å²) < 4.78 is 46.3. The smallest absolute Gasteiger partial charge is 0.261 e. The molecule has 8 nitrogen and oxygen atoms in total. The van der Waals surface area contributed by atoms with Crippen LogP contribution in [0.4, 0.5) is 15.8 Å². The van der Waals surface area contributed by atoms with Gasteiger partial charge in [0.1, 0.15) is 6.67 Å². The SMILES string of the molecule is CC(C)CC[CH]c1nc(-c2ccc(S(=O)(=O)Nc3ccc(NC(=O)C(C)(C)CF)cc3)cc2)no1. The maximum Gasteiger partial charge on any atom is 0.261 e. The highest BCUT2D eigenvalue weighted by molar-refractivity contribution is 7.92. The normalized spacial score (nSPS) is 12.1. The molecule has 1 amide bonds. The Labute approximate surface area is 205 Å². The van der Waals surface area contributed by atoms with Gasteiger partial charge in [-0.15, -0.1) is 0 Å². The third-order valence-corrected chi connectivity index (χ3v) is 6.67. The lowest BCUT2D eigenvalue weighted by Gasteiger charge is -2.19. The summed E-state index contributed by atoms with van der Waals surface area (Å²) in [6, 6.07) is 12.3. The topological polar surface area (TPSA) is 114 Å². The Hall–Kier alpha value is -3.27. The number of rotatable bonds is 11. The summed E-state index contributed by atoms with van der Waals surface area (Å²) in [5.74, 6) is 0.934. The summed E-state index contributed by atoms with van der Waals surface area (Å²) in [5.41, 5.74) is 0.232. The summed E-state index contributed by atoms with van der Waals surface area (Å²) in [5, 5.41) is 6.58. The lowest BCUT2D eigenvalue weighted by atomic mass is 9.94. The zero-order valence-electron chi connectivity index (χ0n) is 20.2. The zero-order valence-corrected chi connectivity index (χ0v) is 21.0. The Kier molecular flexibility index (Phi) is 8.26. The summed E-state index contributed by atoms with van der Waals surface area (Å²) in [6.45, 7) is 6.49. The van der Waals surface area contributed by atoms with Crippen molar-refractivity contribution in [2.75, 3.05) is 16.7 Å². The molecule has 0 atom stereocenters. The molecule has 1 heterocycles. The number of aromatic nitrogens is 2. The Morgan fingerprint density at radius 2 is 1.71 bits per heavy atom. The average Bonchev–Trinajstić information content (AvgIpc) is 3.29. The van der Waals surface area contributed by atoms with Crippen molar-refractivity contribution in [1.82, 2.24) is 10.1 Å². The minimum Gasteiger partial charge on any atom is -0.339 e. The Balaban J connectivity index is 1.63. The fourth-order valence-electron chi connectivity index (χ4n) is 2.96. The zero-order chi connectivity index (χ0) is 25.6. The minimum atomic E-state index is -3.85. The van der Waals surface area contributed by atoms with E-state index in [9.17, 15) is 17.6 Å². The number of benzene rings is 2. The largest absolute Gasteiger partial charge is 0.339 e. The summed E-state index contributed by atoms with van der Waals surface area (Å²) in [6.07, 6.45) is 3.74. The van der Waals surface area contributed by atoms with E-state index in [0.717, 1.165) is 12.8 Å². The first-order chi connectivity index (χ1) is 16.5. The van der Waals surface area contributed by atoms with Gasteiger partial charge in [0.2, 0.25) is 17.6 Å². The number of carbonyl (C=O) groups is 1. The van der Waals surface area contributed by atoms with Gasteiger partial charge in [0.25, 0.3) is 10.0 Å². The van der Waals surface area contributed by atoms with Crippen LogP contribution in [0.1, 0.15) is 46.4 Å². The molecular formula is C25H30FN4O4S. The lowest BCUT2D eigenvalue weighted by molar-refractivity contribution is -0.124. The third kappa shape index (κ3) is 7.11. The Bertz CT molecular complexity index is 1240. The van der Waals surface area contributed by atoms with Crippen LogP contribution in [0.3, 0.4) is 0 Å². The van der Waals surface area contributed by atoms with Gasteiger partial charge in [0, 0.05) is 16.9 Å². The predicted octanol–water partition coefficient (Wildman–Crippen LogP) is 5.46. The molecule has 3 rings (SSSR count). The van der Waals surface area contributed by atoms with E-state index in [1.807, 2.05) is 6.42 Å². The van der Waals surface area contributed by atoms with Crippen LogP contribution in [0, 0.1) is 17.8 Å². The number of hydrogen-bond acceptors (Lipinski definition) is 6. The minimum absolute atomic E-state index is 0.0653. The van der Waals surface area contributed by atoms with Crippen LogP contribution in [-0.4, -0.2) is 31.1 Å². The quantitative estimate of drug-likeness (QED) is 0.361. The maximum atomic E-state index is 13.0. The van der Waals surface area contributed by atoms with E-state index in [1.165, 1.54) is 38.1 Å². The van der Waals surface area contributed by atoms with Crippen molar-refractivity contribution in [3.63, 3.8) is 0 Å². The second-order valence-corrected chi connectivity index (χ2v) is 11.0. The molecule has 0 spiro atoms. The van der Waals surface area contributed by atoms with Gasteiger partial charge in [0.15, 0.2) is 0 Å². The van der Waals surface area contributed by atoms with E-state index in [-0.39, 0.29) is 4.90 Å². The predicted molar refractivity (Wildman–Crippen MR) is 133 cm³/mol. The van der Waals surface area contributed by atoms with Gasteiger partial charge in [-0.2, -0.15) is 4.98 Å². The van der Waals surface area contributed by atoms with Crippen LogP contribution in [0.2, 0.25) is 0 Å². The molecule has 2 N–H and O–H groups in total. The molecule has 0 aliphatic heterocycles. The molecule has 0 aliphatic carbocycles. The number of halogens is 1. The first-order valence-electron chi connectivity index (χ1n) is 11.3. The van der Waals surface area contributed by atoms with Crippen molar-refractivity contribution in [2.45, 2.75) is 45.4 Å². The molecule has 187 valence electrons. The second-order valence-electron chi connectivity index (χ2n) is 9.31. The van der Waals surface area contributed by atoms with Gasteiger partial charge in [-0.05, 0) is 74.7 Å². The molecule has 0 saturated carbocycles. The molecule has 0 fully saturated rings. The van der Waals surface area contributed by atoms with Crippen LogP contribution >= 0.6 is 0 Å². The van der Waals surface area contributed by atoms with Crippen LogP contribution in [-0.2, 0) is 14.8 Å². The van der Waals surface area contributed by atoms with Crippen LogP contribution in [0.15, 0.2) is 57.9 Å². The summed E-state index contributed by atoms with van der Waals surface area (Å²) in [4.78, 5) is 16.5. The molecule has 35 heavy (non-hydrogen) atoms. The molecule has 0 aliphatic rings. The summed E-state index contributed by atoms with van der Waals surface area (Å²) in [7, 11) is -3.85. The van der Waals surface area contributed by atoms with Crippen molar-refractivity contribution in [3.8, 4) is 11.4 Å². The number of hydrogen-bond donors (Lipinski definition) is 2. The highest BCUT2D eigenvalue weighted by Gasteiger charge is 2.27. The first-order valence-corrected chi connectivity index (χ1v) is 12.8. The highest BCUT2D eigenvalue weighted by atomic mass is 32.2. The van der Waals surface area contributed by atoms with Crippen molar-refractivity contribution in [1.29, 1.82) is 0 Å². The van der Waals surface area contributed by atoms with Gasteiger partial charge in [-0.25, -0.2) is 12.8 Å². The fourth-order valence-corrected chi connectivity index (χ4v) is 4.01. The van der Waals surface area contributed by atoms with E-state index in [4.69, 9.17) is 4.52 Å². The van der Waals surface area contributed by atoms with Crippen molar-refractivity contribution in [3.05, 3.63) is 60.8 Å². The molecule has 1 aromatic heterocycles. The summed E-state index contributed by atoms with van der Waals surface area (Å²) >= 11 is 0. The van der Waals surface area contributed by atoms with E-state index in [2.05, 4.69) is 34.0 Å². The van der Waals surface area contributed by atoms with E-state index in [0.29, 0.717) is 34.6 Å². The molecule has 10 heteroatoms. The number of amides is 1. The molecular weight excluding hydrogens is 471 g/mol. The number of nitrogens with zero attached hydrogens (tertiary/aromatic N) is 2. The van der Waals surface area contributed by atoms with Gasteiger partial charge < -0.3 is 9.84 Å². The van der Waals surface area contributed by atoms with Gasteiger partial charge in [0.05, 0.1) is 16.7 Å². The standard InChI is InChI=1S/C25H30FN4O4S/c1-17(2)6-5-7-22-28-23(29-34-22)18-8-14-21(15-9-18)35(32,33)30-20-12-10-19(11-13-20)27-24(31)25(3,4)16-26/h7-15,17,30H,5-6,16H2,1-4H3,(H,27,31). The van der Waals surface area contributed by atoms with E-state index in [1.54, 1.807) is 24.3 Å². The molecule has 1 radical (unpaired) electrons. The monoisotopic (exact) mass is 501 g/mol.